The predicted molar refractivity (Wildman–Crippen MR) is 92.5 cm³/mol. The van der Waals surface area contributed by atoms with Crippen LogP contribution in [0.4, 0.5) is 0 Å². The van der Waals surface area contributed by atoms with E-state index >= 15 is 0 Å². The number of rotatable bonds is 10. The summed E-state index contributed by atoms with van der Waals surface area (Å²) in [6.07, 6.45) is 11.9. The van der Waals surface area contributed by atoms with Gasteiger partial charge < -0.3 is 9.84 Å². The molecular formula is C19H30N2O2. The fourth-order valence-corrected chi connectivity index (χ4v) is 2.63. The minimum atomic E-state index is -0.113. The maximum Gasteiger partial charge on any atom is 0.273 e. The molecule has 0 aliphatic heterocycles. The standard InChI is InChI=1S/C19H30N2O2/c1-4-6-7-8-9-16(12-14(3)5-2)20-19(22)17-13-18(23-21-17)15-10-11-15/h7-8,13-16H,4-6,9-12H2,1-3H3,(H,20,22)/b8-7-/t14?,16-/m0/s1. The molecule has 2 rings (SSSR count). The number of amides is 1. The van der Waals surface area contributed by atoms with Gasteiger partial charge in [0.15, 0.2) is 5.69 Å². The molecule has 23 heavy (non-hydrogen) atoms. The van der Waals surface area contributed by atoms with Crippen molar-refractivity contribution in [1.82, 2.24) is 10.5 Å². The summed E-state index contributed by atoms with van der Waals surface area (Å²) in [5.41, 5.74) is 0.415. The van der Waals surface area contributed by atoms with Crippen LogP contribution in [0.5, 0.6) is 0 Å². The van der Waals surface area contributed by atoms with Crippen LogP contribution < -0.4 is 5.32 Å². The number of nitrogens with zero attached hydrogens (tertiary/aromatic N) is 1. The van der Waals surface area contributed by atoms with Crippen molar-refractivity contribution in [2.24, 2.45) is 5.92 Å². The Labute approximate surface area is 139 Å². The highest BCUT2D eigenvalue weighted by Gasteiger charge is 2.29. The summed E-state index contributed by atoms with van der Waals surface area (Å²) >= 11 is 0. The zero-order chi connectivity index (χ0) is 16.7. The van der Waals surface area contributed by atoms with E-state index in [1.165, 1.54) is 0 Å². The molecule has 1 aliphatic rings. The number of allylic oxidation sites excluding steroid dienone is 1. The molecule has 1 unspecified atom stereocenters. The number of aromatic nitrogens is 1. The monoisotopic (exact) mass is 318 g/mol. The van der Waals surface area contributed by atoms with Gasteiger partial charge in [0.1, 0.15) is 5.76 Å². The van der Waals surface area contributed by atoms with Gasteiger partial charge in [-0.3, -0.25) is 4.79 Å². The van der Waals surface area contributed by atoms with Crippen LogP contribution in [0.25, 0.3) is 0 Å². The van der Waals surface area contributed by atoms with Crippen LogP contribution in [0.15, 0.2) is 22.7 Å². The van der Waals surface area contributed by atoms with E-state index in [0.29, 0.717) is 17.5 Å². The second-order valence-electron chi connectivity index (χ2n) is 6.80. The van der Waals surface area contributed by atoms with Gasteiger partial charge in [0.05, 0.1) is 0 Å². The van der Waals surface area contributed by atoms with E-state index in [9.17, 15) is 4.79 Å². The molecule has 0 spiro atoms. The highest BCUT2D eigenvalue weighted by atomic mass is 16.5. The minimum absolute atomic E-state index is 0.113. The Balaban J connectivity index is 1.91. The number of hydrogen-bond acceptors (Lipinski definition) is 3. The predicted octanol–water partition coefficient (Wildman–Crippen LogP) is 4.83. The van der Waals surface area contributed by atoms with E-state index in [-0.39, 0.29) is 11.9 Å². The van der Waals surface area contributed by atoms with Crippen LogP contribution in [0.1, 0.15) is 87.9 Å². The number of carbonyl (C=O) groups excluding carboxylic acids is 1. The average molecular weight is 318 g/mol. The fourth-order valence-electron chi connectivity index (χ4n) is 2.63. The molecule has 4 nitrogen and oxygen atoms in total. The third kappa shape index (κ3) is 5.85. The average Bonchev–Trinajstić information content (AvgIpc) is 3.28. The summed E-state index contributed by atoms with van der Waals surface area (Å²) in [6, 6.07) is 1.96. The normalized spacial score (nSPS) is 17.3. The van der Waals surface area contributed by atoms with Crippen LogP contribution in [-0.4, -0.2) is 17.1 Å². The highest BCUT2D eigenvalue weighted by Crippen LogP contribution is 2.40. The number of carbonyl (C=O) groups is 1. The molecule has 0 aromatic carbocycles. The van der Waals surface area contributed by atoms with Crippen LogP contribution in [0, 0.1) is 5.92 Å². The van der Waals surface area contributed by atoms with Crippen molar-refractivity contribution in [3.63, 3.8) is 0 Å². The summed E-state index contributed by atoms with van der Waals surface area (Å²) in [5, 5.41) is 7.07. The Hall–Kier alpha value is -1.58. The van der Waals surface area contributed by atoms with Crippen molar-refractivity contribution in [2.45, 2.75) is 77.7 Å². The van der Waals surface area contributed by atoms with Crippen LogP contribution in [-0.2, 0) is 0 Å². The van der Waals surface area contributed by atoms with E-state index < -0.39 is 0 Å². The smallest absolute Gasteiger partial charge is 0.273 e. The molecule has 1 heterocycles. The third-order valence-corrected chi connectivity index (χ3v) is 4.50. The minimum Gasteiger partial charge on any atom is -0.360 e. The lowest BCUT2D eigenvalue weighted by molar-refractivity contribution is 0.0922. The van der Waals surface area contributed by atoms with Crippen molar-refractivity contribution >= 4 is 5.91 Å². The molecule has 2 atom stereocenters. The zero-order valence-corrected chi connectivity index (χ0v) is 14.7. The lowest BCUT2D eigenvalue weighted by Crippen LogP contribution is -2.36. The molecule has 0 bridgehead atoms. The Kier molecular flexibility index (Phi) is 6.87. The maximum atomic E-state index is 12.4. The Morgan fingerprint density at radius 3 is 2.87 bits per heavy atom. The Bertz CT molecular complexity index is 517. The summed E-state index contributed by atoms with van der Waals surface area (Å²) in [5.74, 6) is 1.82. The molecule has 1 fully saturated rings. The van der Waals surface area contributed by atoms with Crippen LogP contribution >= 0.6 is 0 Å². The molecule has 1 aromatic rings. The first-order valence-electron chi connectivity index (χ1n) is 9.06. The lowest BCUT2D eigenvalue weighted by Gasteiger charge is -2.20. The molecule has 0 saturated heterocycles. The topological polar surface area (TPSA) is 55.1 Å². The SMILES string of the molecule is CCC/C=C\C[C@@H](CC(C)CC)NC(=O)c1cc(C2CC2)on1. The maximum absolute atomic E-state index is 12.4. The fraction of sp³-hybridized carbons (Fsp3) is 0.684. The highest BCUT2D eigenvalue weighted by molar-refractivity contribution is 5.92. The van der Waals surface area contributed by atoms with Gasteiger partial charge in [0.2, 0.25) is 0 Å². The quantitative estimate of drug-likeness (QED) is 0.628. The van der Waals surface area contributed by atoms with Gasteiger partial charge in [-0.05, 0) is 38.0 Å². The van der Waals surface area contributed by atoms with Crippen molar-refractivity contribution in [3.05, 3.63) is 29.7 Å². The van der Waals surface area contributed by atoms with Crippen LogP contribution in [0.3, 0.4) is 0 Å². The summed E-state index contributed by atoms with van der Waals surface area (Å²) in [7, 11) is 0. The molecule has 4 heteroatoms. The van der Waals surface area contributed by atoms with Gasteiger partial charge in [-0.15, -0.1) is 0 Å². The molecule has 0 radical (unpaired) electrons. The molecule has 1 saturated carbocycles. The van der Waals surface area contributed by atoms with E-state index in [1.807, 2.05) is 0 Å². The second-order valence-corrected chi connectivity index (χ2v) is 6.80. The second kappa shape index (κ2) is 8.90. The zero-order valence-electron chi connectivity index (χ0n) is 14.7. The van der Waals surface area contributed by atoms with Crippen molar-refractivity contribution in [3.8, 4) is 0 Å². The molecule has 1 aliphatic carbocycles. The molecule has 128 valence electrons. The largest absolute Gasteiger partial charge is 0.360 e. The summed E-state index contributed by atoms with van der Waals surface area (Å²) in [6.45, 7) is 6.59. The van der Waals surface area contributed by atoms with Gasteiger partial charge in [-0.1, -0.05) is 50.9 Å². The van der Waals surface area contributed by atoms with Crippen LogP contribution in [0.2, 0.25) is 0 Å². The third-order valence-electron chi connectivity index (χ3n) is 4.50. The summed E-state index contributed by atoms with van der Waals surface area (Å²) < 4.78 is 5.28. The Morgan fingerprint density at radius 2 is 2.22 bits per heavy atom. The van der Waals surface area contributed by atoms with Gasteiger partial charge in [-0.25, -0.2) is 0 Å². The number of hydrogen-bond donors (Lipinski definition) is 1. The van der Waals surface area contributed by atoms with Gasteiger partial charge in [-0.2, -0.15) is 0 Å². The molecular weight excluding hydrogens is 288 g/mol. The van der Waals surface area contributed by atoms with Crippen molar-refractivity contribution in [1.29, 1.82) is 0 Å². The van der Waals surface area contributed by atoms with Crippen molar-refractivity contribution < 1.29 is 9.32 Å². The summed E-state index contributed by atoms with van der Waals surface area (Å²) in [4.78, 5) is 12.4. The van der Waals surface area contributed by atoms with E-state index in [2.05, 4.69) is 43.4 Å². The first kappa shape index (κ1) is 17.8. The molecule has 1 amide bonds. The van der Waals surface area contributed by atoms with Gasteiger partial charge in [0, 0.05) is 18.0 Å². The number of unbranched alkanes of at least 4 members (excludes halogenated alkanes) is 1. The van der Waals surface area contributed by atoms with E-state index in [1.54, 1.807) is 6.07 Å². The van der Waals surface area contributed by atoms with Gasteiger partial charge >= 0.3 is 0 Å². The number of nitrogens with one attached hydrogen (secondary N) is 1. The Morgan fingerprint density at radius 1 is 1.43 bits per heavy atom. The van der Waals surface area contributed by atoms with Gasteiger partial charge in [0.25, 0.3) is 5.91 Å². The van der Waals surface area contributed by atoms with E-state index in [0.717, 1.165) is 50.7 Å². The molecule has 1 aromatic heterocycles. The first-order chi connectivity index (χ1) is 11.1. The van der Waals surface area contributed by atoms with E-state index in [4.69, 9.17) is 4.52 Å². The molecule has 1 N–H and O–H groups in total. The van der Waals surface area contributed by atoms with Crippen molar-refractivity contribution in [2.75, 3.05) is 0 Å². The lowest BCUT2D eigenvalue weighted by atomic mass is 9.97. The first-order valence-corrected chi connectivity index (χ1v) is 9.06.